The van der Waals surface area contributed by atoms with Crippen molar-refractivity contribution in [3.8, 4) is 0 Å². The first kappa shape index (κ1) is 15.2. The summed E-state index contributed by atoms with van der Waals surface area (Å²) in [7, 11) is 0. The molecule has 0 radical (unpaired) electrons. The number of benzene rings is 1. The lowest BCUT2D eigenvalue weighted by atomic mass is 10.2. The molecule has 0 bridgehead atoms. The first-order valence-electron chi connectivity index (χ1n) is 6.94. The van der Waals surface area contributed by atoms with Crippen LogP contribution in [-0.2, 0) is 0 Å². The summed E-state index contributed by atoms with van der Waals surface area (Å²) in [6.45, 7) is 2.03. The van der Waals surface area contributed by atoms with Crippen molar-refractivity contribution in [3.05, 3.63) is 59.0 Å². The molecule has 3 aromatic rings. The van der Waals surface area contributed by atoms with Gasteiger partial charge >= 0.3 is 0 Å². The minimum absolute atomic E-state index is 0.429. The van der Waals surface area contributed by atoms with Crippen LogP contribution in [0.25, 0.3) is 0 Å². The van der Waals surface area contributed by atoms with Crippen molar-refractivity contribution >= 4 is 44.8 Å². The zero-order valence-corrected chi connectivity index (χ0v) is 14.0. The molecule has 6 nitrogen and oxygen atoms in total. The molecule has 0 atom stereocenters. The zero-order valence-electron chi connectivity index (χ0n) is 12.4. The molecule has 0 aliphatic heterocycles. The van der Waals surface area contributed by atoms with E-state index in [0.29, 0.717) is 23.1 Å². The number of halogens is 1. The summed E-state index contributed by atoms with van der Waals surface area (Å²) in [6, 6.07) is 11.7. The molecule has 0 aliphatic rings. The van der Waals surface area contributed by atoms with Gasteiger partial charge in [-0.05, 0) is 52.7 Å². The molecule has 4 N–H and O–H groups in total. The van der Waals surface area contributed by atoms with Gasteiger partial charge in [-0.2, -0.15) is 0 Å². The van der Waals surface area contributed by atoms with Crippen LogP contribution in [0, 0.1) is 6.92 Å². The SMILES string of the molecule is Cc1cccc(Nc2ncnc(Nc3ccc(Br)cn3)c2N)c1. The van der Waals surface area contributed by atoms with Gasteiger partial charge < -0.3 is 16.4 Å². The summed E-state index contributed by atoms with van der Waals surface area (Å²) < 4.78 is 0.903. The summed E-state index contributed by atoms with van der Waals surface area (Å²) >= 11 is 3.35. The van der Waals surface area contributed by atoms with Crippen molar-refractivity contribution in [3.63, 3.8) is 0 Å². The molecule has 0 aliphatic carbocycles. The van der Waals surface area contributed by atoms with E-state index >= 15 is 0 Å². The van der Waals surface area contributed by atoms with Gasteiger partial charge in [-0.1, -0.05) is 12.1 Å². The fraction of sp³-hybridized carbons (Fsp3) is 0.0625. The molecule has 0 saturated heterocycles. The highest BCUT2D eigenvalue weighted by Crippen LogP contribution is 2.27. The third-order valence-corrected chi connectivity index (χ3v) is 3.61. The van der Waals surface area contributed by atoms with Gasteiger partial charge in [0, 0.05) is 16.4 Å². The molecule has 2 heterocycles. The summed E-state index contributed by atoms with van der Waals surface area (Å²) in [5.41, 5.74) is 8.66. The van der Waals surface area contributed by atoms with E-state index in [4.69, 9.17) is 5.73 Å². The van der Waals surface area contributed by atoms with Crippen molar-refractivity contribution in [2.24, 2.45) is 0 Å². The molecule has 0 fully saturated rings. The molecule has 3 rings (SSSR count). The molecule has 0 spiro atoms. The topological polar surface area (TPSA) is 88.8 Å². The fourth-order valence-electron chi connectivity index (χ4n) is 2.03. The number of hydrogen-bond donors (Lipinski definition) is 3. The summed E-state index contributed by atoms with van der Waals surface area (Å²) in [6.07, 6.45) is 3.15. The first-order valence-corrected chi connectivity index (χ1v) is 7.74. The average molecular weight is 371 g/mol. The molecule has 0 amide bonds. The fourth-order valence-corrected chi connectivity index (χ4v) is 2.26. The van der Waals surface area contributed by atoms with Crippen molar-refractivity contribution in [1.82, 2.24) is 15.0 Å². The van der Waals surface area contributed by atoms with Crippen molar-refractivity contribution in [2.75, 3.05) is 16.4 Å². The van der Waals surface area contributed by atoms with Gasteiger partial charge in [0.15, 0.2) is 11.6 Å². The van der Waals surface area contributed by atoms with Crippen molar-refractivity contribution < 1.29 is 0 Å². The minimum Gasteiger partial charge on any atom is -0.393 e. The van der Waals surface area contributed by atoms with Crippen LogP contribution in [0.5, 0.6) is 0 Å². The standard InChI is InChI=1S/C16H15BrN6/c1-10-3-2-4-12(7-10)22-15-14(18)16(21-9-20-15)23-13-6-5-11(17)8-19-13/h2-9H,18H2,1H3,(H2,19,20,21,22,23). The monoisotopic (exact) mass is 370 g/mol. The van der Waals surface area contributed by atoms with E-state index in [1.165, 1.54) is 6.33 Å². The highest BCUT2D eigenvalue weighted by atomic mass is 79.9. The van der Waals surface area contributed by atoms with Crippen LogP contribution in [-0.4, -0.2) is 15.0 Å². The van der Waals surface area contributed by atoms with Gasteiger partial charge in [0.2, 0.25) is 0 Å². The van der Waals surface area contributed by atoms with Crippen LogP contribution < -0.4 is 16.4 Å². The molecule has 1 aromatic carbocycles. The predicted molar refractivity (Wildman–Crippen MR) is 96.1 cm³/mol. The Morgan fingerprint density at radius 1 is 1.00 bits per heavy atom. The average Bonchev–Trinajstić information content (AvgIpc) is 2.53. The van der Waals surface area contributed by atoms with Gasteiger partial charge in [-0.3, -0.25) is 0 Å². The van der Waals surface area contributed by atoms with E-state index in [9.17, 15) is 0 Å². The second-order valence-electron chi connectivity index (χ2n) is 4.97. The Morgan fingerprint density at radius 2 is 1.78 bits per heavy atom. The van der Waals surface area contributed by atoms with Crippen molar-refractivity contribution in [2.45, 2.75) is 6.92 Å². The molecule has 0 unspecified atom stereocenters. The molecule has 23 heavy (non-hydrogen) atoms. The number of nitrogens with one attached hydrogen (secondary N) is 2. The third kappa shape index (κ3) is 3.75. The number of anilines is 5. The van der Waals surface area contributed by atoms with Crippen LogP contribution in [0.3, 0.4) is 0 Å². The highest BCUT2D eigenvalue weighted by Gasteiger charge is 2.09. The summed E-state index contributed by atoms with van der Waals surface area (Å²) in [4.78, 5) is 12.6. The van der Waals surface area contributed by atoms with Gasteiger partial charge in [0.1, 0.15) is 17.8 Å². The van der Waals surface area contributed by atoms with E-state index in [2.05, 4.69) is 41.5 Å². The molecule has 7 heteroatoms. The largest absolute Gasteiger partial charge is 0.393 e. The molecular weight excluding hydrogens is 356 g/mol. The number of nitrogen functional groups attached to an aromatic ring is 1. The number of aryl methyl sites for hydroxylation is 1. The molecule has 0 saturated carbocycles. The normalized spacial score (nSPS) is 10.3. The Balaban J connectivity index is 1.84. The van der Waals surface area contributed by atoms with Crippen LogP contribution in [0.1, 0.15) is 5.56 Å². The molecule has 2 aromatic heterocycles. The zero-order chi connectivity index (χ0) is 16.2. The maximum Gasteiger partial charge on any atom is 0.160 e. The van der Waals surface area contributed by atoms with E-state index in [-0.39, 0.29) is 0 Å². The second-order valence-corrected chi connectivity index (χ2v) is 5.88. The lowest BCUT2D eigenvalue weighted by Crippen LogP contribution is -2.05. The van der Waals surface area contributed by atoms with E-state index in [1.54, 1.807) is 6.20 Å². The highest BCUT2D eigenvalue weighted by molar-refractivity contribution is 9.10. The van der Waals surface area contributed by atoms with Crippen LogP contribution in [0.2, 0.25) is 0 Å². The number of rotatable bonds is 4. The van der Waals surface area contributed by atoms with E-state index in [0.717, 1.165) is 15.7 Å². The number of nitrogens with two attached hydrogens (primary N) is 1. The maximum atomic E-state index is 6.16. The summed E-state index contributed by atoms with van der Waals surface area (Å²) in [5.74, 6) is 1.70. The van der Waals surface area contributed by atoms with Crippen molar-refractivity contribution in [1.29, 1.82) is 0 Å². The molecular formula is C16H15BrN6. The number of pyridine rings is 1. The number of nitrogens with zero attached hydrogens (tertiary/aromatic N) is 3. The number of hydrogen-bond acceptors (Lipinski definition) is 6. The Labute approximate surface area is 142 Å². The van der Waals surface area contributed by atoms with Crippen LogP contribution in [0.15, 0.2) is 53.4 Å². The lowest BCUT2D eigenvalue weighted by Gasteiger charge is -2.12. The van der Waals surface area contributed by atoms with Gasteiger partial charge in [0.25, 0.3) is 0 Å². The van der Waals surface area contributed by atoms with Crippen LogP contribution in [0.4, 0.5) is 28.8 Å². The van der Waals surface area contributed by atoms with Gasteiger partial charge in [-0.25, -0.2) is 15.0 Å². The summed E-state index contributed by atoms with van der Waals surface area (Å²) in [5, 5.41) is 6.29. The van der Waals surface area contributed by atoms with E-state index < -0.39 is 0 Å². The van der Waals surface area contributed by atoms with Gasteiger partial charge in [-0.15, -0.1) is 0 Å². The third-order valence-electron chi connectivity index (χ3n) is 3.14. The smallest absolute Gasteiger partial charge is 0.160 e. The first-order chi connectivity index (χ1) is 11.1. The van der Waals surface area contributed by atoms with Crippen LogP contribution >= 0.6 is 15.9 Å². The Hall–Kier alpha value is -2.67. The quantitative estimate of drug-likeness (QED) is 0.642. The minimum atomic E-state index is 0.429. The maximum absolute atomic E-state index is 6.16. The molecule has 116 valence electrons. The Kier molecular flexibility index (Phi) is 4.38. The second kappa shape index (κ2) is 6.62. The number of aromatic nitrogens is 3. The van der Waals surface area contributed by atoms with Gasteiger partial charge in [0.05, 0.1) is 0 Å². The van der Waals surface area contributed by atoms with E-state index in [1.807, 2.05) is 43.3 Å². The predicted octanol–water partition coefficient (Wildman–Crippen LogP) is 4.01. The lowest BCUT2D eigenvalue weighted by molar-refractivity contribution is 1.16. The Morgan fingerprint density at radius 3 is 2.48 bits per heavy atom. The Bertz CT molecular complexity index is 819.